The number of nitrogens with zero attached hydrogens (tertiary/aromatic N) is 3. The van der Waals surface area contributed by atoms with Gasteiger partial charge in [0.1, 0.15) is 0 Å². The van der Waals surface area contributed by atoms with Crippen LogP contribution in [0, 0.1) is 11.8 Å². The molecule has 2 aromatic rings. The van der Waals surface area contributed by atoms with E-state index in [0.717, 1.165) is 43.3 Å². The van der Waals surface area contributed by atoms with Crippen LogP contribution < -0.4 is 5.32 Å². The molecule has 1 aromatic heterocycles. The maximum absolute atomic E-state index is 4.96. The molecule has 1 N–H and O–H groups in total. The van der Waals surface area contributed by atoms with Crippen molar-refractivity contribution in [1.29, 1.82) is 0 Å². The summed E-state index contributed by atoms with van der Waals surface area (Å²) in [6, 6.07) is 13.2. The lowest BCUT2D eigenvalue weighted by Gasteiger charge is -2.22. The zero-order chi connectivity index (χ0) is 17.4. The molecule has 2 aliphatic carbocycles. The summed E-state index contributed by atoms with van der Waals surface area (Å²) in [5.74, 6) is 3.32. The van der Waals surface area contributed by atoms with Gasteiger partial charge in [0.05, 0.1) is 6.54 Å². The molecule has 1 heterocycles. The van der Waals surface area contributed by atoms with Gasteiger partial charge in [0.25, 0.3) is 0 Å². The third kappa shape index (κ3) is 3.06. The van der Waals surface area contributed by atoms with Crippen LogP contribution in [0.2, 0.25) is 0 Å². The second-order valence-corrected chi connectivity index (χ2v) is 7.42. The molecular formula is C21H28N4. The van der Waals surface area contributed by atoms with Crippen LogP contribution >= 0.6 is 0 Å². The lowest BCUT2D eigenvalue weighted by molar-refractivity contribution is 0.460. The minimum Gasteiger partial charge on any atom is -0.357 e. The molecule has 0 amide bonds. The van der Waals surface area contributed by atoms with Gasteiger partial charge < -0.3 is 14.8 Å². The van der Waals surface area contributed by atoms with E-state index in [-0.39, 0.29) is 0 Å². The molecule has 1 saturated carbocycles. The van der Waals surface area contributed by atoms with Gasteiger partial charge in [0.2, 0.25) is 0 Å². The first-order valence-electron chi connectivity index (χ1n) is 9.36. The number of hydrogen-bond acceptors (Lipinski definition) is 1. The van der Waals surface area contributed by atoms with Crippen molar-refractivity contribution in [3.8, 4) is 0 Å². The Balaban J connectivity index is 1.41. The minimum absolute atomic E-state index is 0.729. The van der Waals surface area contributed by atoms with Crippen LogP contribution in [0.5, 0.6) is 0 Å². The van der Waals surface area contributed by atoms with Crippen molar-refractivity contribution in [3.63, 3.8) is 0 Å². The minimum atomic E-state index is 0.729. The average molecular weight is 336 g/mol. The molecule has 3 atom stereocenters. The Morgan fingerprint density at radius 2 is 2.12 bits per heavy atom. The van der Waals surface area contributed by atoms with Gasteiger partial charge in [-0.2, -0.15) is 0 Å². The molecule has 0 saturated heterocycles. The Hall–Kier alpha value is -2.23. The smallest absolute Gasteiger partial charge is 0.194 e. The van der Waals surface area contributed by atoms with Gasteiger partial charge in [-0.05, 0) is 54.4 Å². The number of aryl methyl sites for hydroxylation is 1. The Morgan fingerprint density at radius 1 is 1.28 bits per heavy atom. The van der Waals surface area contributed by atoms with Gasteiger partial charge in [0.15, 0.2) is 5.96 Å². The van der Waals surface area contributed by atoms with E-state index in [4.69, 9.17) is 4.99 Å². The topological polar surface area (TPSA) is 32.6 Å². The van der Waals surface area contributed by atoms with Crippen LogP contribution in [-0.4, -0.2) is 35.6 Å². The second-order valence-electron chi connectivity index (χ2n) is 7.42. The summed E-state index contributed by atoms with van der Waals surface area (Å²) in [4.78, 5) is 7.19. The first kappa shape index (κ1) is 16.2. The fourth-order valence-electron chi connectivity index (χ4n) is 4.37. The SMILES string of the molecule is CCNC(=NCC1C2Cc3ccccc3C12)N(C)Cc1cccn1C. The third-order valence-corrected chi connectivity index (χ3v) is 5.80. The fraction of sp³-hybridized carbons (Fsp3) is 0.476. The molecule has 4 heteroatoms. The highest BCUT2D eigenvalue weighted by Crippen LogP contribution is 2.61. The van der Waals surface area contributed by atoms with Crippen LogP contribution in [0.4, 0.5) is 0 Å². The summed E-state index contributed by atoms with van der Waals surface area (Å²) in [5.41, 5.74) is 4.44. The van der Waals surface area contributed by atoms with Crippen LogP contribution in [0.1, 0.15) is 29.7 Å². The van der Waals surface area contributed by atoms with Crippen LogP contribution in [0.15, 0.2) is 47.6 Å². The first-order chi connectivity index (χ1) is 12.2. The van der Waals surface area contributed by atoms with Gasteiger partial charge in [-0.15, -0.1) is 0 Å². The van der Waals surface area contributed by atoms with Gasteiger partial charge in [-0.25, -0.2) is 0 Å². The number of nitrogens with one attached hydrogen (secondary N) is 1. The highest BCUT2D eigenvalue weighted by atomic mass is 15.3. The summed E-state index contributed by atoms with van der Waals surface area (Å²) in [6.45, 7) is 4.84. The standard InChI is InChI=1S/C21H28N4/c1-4-22-21(25(3)14-16-9-7-11-24(16)2)23-13-19-18-12-15-8-5-6-10-17(15)20(18)19/h5-11,18-20H,4,12-14H2,1-3H3,(H,22,23). The predicted molar refractivity (Wildman–Crippen MR) is 103 cm³/mol. The summed E-state index contributed by atoms with van der Waals surface area (Å²) in [5, 5.41) is 3.45. The van der Waals surface area contributed by atoms with Crippen molar-refractivity contribution in [2.75, 3.05) is 20.1 Å². The highest BCUT2D eigenvalue weighted by molar-refractivity contribution is 5.79. The molecular weight excluding hydrogens is 308 g/mol. The summed E-state index contributed by atoms with van der Waals surface area (Å²) >= 11 is 0. The highest BCUT2D eigenvalue weighted by Gasteiger charge is 2.54. The van der Waals surface area contributed by atoms with Crippen LogP contribution in [0.25, 0.3) is 0 Å². The van der Waals surface area contributed by atoms with E-state index >= 15 is 0 Å². The second kappa shape index (κ2) is 6.58. The molecule has 2 aliphatic rings. The lowest BCUT2D eigenvalue weighted by Crippen LogP contribution is -2.39. The van der Waals surface area contributed by atoms with E-state index in [1.807, 2.05) is 0 Å². The predicted octanol–water partition coefficient (Wildman–Crippen LogP) is 3.01. The molecule has 132 valence electrons. The van der Waals surface area contributed by atoms with Gasteiger partial charge >= 0.3 is 0 Å². The molecule has 4 rings (SSSR count). The molecule has 0 aliphatic heterocycles. The van der Waals surface area contributed by atoms with E-state index in [1.165, 1.54) is 12.1 Å². The van der Waals surface area contributed by atoms with Crippen molar-refractivity contribution in [2.45, 2.75) is 25.8 Å². The largest absolute Gasteiger partial charge is 0.357 e. The van der Waals surface area contributed by atoms with E-state index < -0.39 is 0 Å². The van der Waals surface area contributed by atoms with E-state index in [9.17, 15) is 0 Å². The summed E-state index contributed by atoms with van der Waals surface area (Å²) in [6.07, 6.45) is 3.34. The molecule has 0 spiro atoms. The molecule has 4 nitrogen and oxygen atoms in total. The zero-order valence-corrected chi connectivity index (χ0v) is 15.4. The van der Waals surface area contributed by atoms with Crippen molar-refractivity contribution in [1.82, 2.24) is 14.8 Å². The summed E-state index contributed by atoms with van der Waals surface area (Å²) < 4.78 is 2.17. The number of hydrogen-bond donors (Lipinski definition) is 1. The van der Waals surface area contributed by atoms with Crippen molar-refractivity contribution >= 4 is 5.96 Å². The molecule has 0 radical (unpaired) electrons. The maximum Gasteiger partial charge on any atom is 0.194 e. The summed E-state index contributed by atoms with van der Waals surface area (Å²) in [7, 11) is 4.22. The number of aliphatic imine (C=N–C) groups is 1. The molecule has 1 fully saturated rings. The molecule has 0 bridgehead atoms. The third-order valence-electron chi connectivity index (χ3n) is 5.80. The number of aromatic nitrogens is 1. The van der Waals surface area contributed by atoms with Crippen molar-refractivity contribution < 1.29 is 0 Å². The van der Waals surface area contributed by atoms with Crippen molar-refractivity contribution in [3.05, 3.63) is 59.4 Å². The van der Waals surface area contributed by atoms with Gasteiger partial charge in [-0.1, -0.05) is 24.3 Å². The Kier molecular flexibility index (Phi) is 4.28. The Morgan fingerprint density at radius 3 is 2.88 bits per heavy atom. The Bertz CT molecular complexity index is 776. The quantitative estimate of drug-likeness (QED) is 0.672. The van der Waals surface area contributed by atoms with Gasteiger partial charge in [0, 0.05) is 39.1 Å². The number of guanidine groups is 1. The zero-order valence-electron chi connectivity index (χ0n) is 15.4. The normalized spacial score (nSPS) is 24.0. The average Bonchev–Trinajstić information content (AvgIpc) is 2.92. The lowest BCUT2D eigenvalue weighted by atomic mass is 10.0. The van der Waals surface area contributed by atoms with E-state index in [1.54, 1.807) is 11.1 Å². The van der Waals surface area contributed by atoms with Crippen molar-refractivity contribution in [2.24, 2.45) is 23.9 Å². The monoisotopic (exact) mass is 336 g/mol. The van der Waals surface area contributed by atoms with Crippen LogP contribution in [0.3, 0.4) is 0 Å². The van der Waals surface area contributed by atoms with E-state index in [2.05, 4.69) is 78.4 Å². The fourth-order valence-corrected chi connectivity index (χ4v) is 4.37. The molecule has 3 unspecified atom stereocenters. The molecule has 25 heavy (non-hydrogen) atoms. The number of fused-ring (bicyclic) bond motifs is 3. The van der Waals surface area contributed by atoms with Gasteiger partial charge in [-0.3, -0.25) is 4.99 Å². The number of rotatable bonds is 5. The Labute approximate surface area is 150 Å². The first-order valence-corrected chi connectivity index (χ1v) is 9.36. The van der Waals surface area contributed by atoms with E-state index in [0.29, 0.717) is 0 Å². The molecule has 1 aromatic carbocycles. The van der Waals surface area contributed by atoms with Crippen LogP contribution in [-0.2, 0) is 20.0 Å². The number of benzene rings is 1. The maximum atomic E-state index is 4.96.